The zero-order chi connectivity index (χ0) is 10.5. The van der Waals surface area contributed by atoms with Crippen molar-refractivity contribution in [2.24, 2.45) is 0 Å². The molecule has 2 nitrogen and oxygen atoms in total. The van der Waals surface area contributed by atoms with E-state index >= 15 is 0 Å². The molecule has 1 aromatic rings. The Labute approximate surface area is 82.6 Å². The summed E-state index contributed by atoms with van der Waals surface area (Å²) in [6, 6.07) is 2.22. The molecule has 1 rings (SSSR count). The van der Waals surface area contributed by atoms with Gasteiger partial charge < -0.3 is 0 Å². The van der Waals surface area contributed by atoms with E-state index in [2.05, 4.69) is 39.1 Å². The summed E-state index contributed by atoms with van der Waals surface area (Å²) in [7, 11) is 0. The van der Waals surface area contributed by atoms with Crippen molar-refractivity contribution in [3.05, 3.63) is 21.9 Å². The Hall–Kier alpha value is -0.920. The van der Waals surface area contributed by atoms with Gasteiger partial charge in [0.25, 0.3) is 0 Å². The fourth-order valence-electron chi connectivity index (χ4n) is 1.16. The molecular weight excluding hydrogens is 184 g/mol. The first-order chi connectivity index (χ1) is 5.93. The SMILES string of the molecule is Cc1sccc1C(C)(C)C.O=C=O. The molecule has 0 N–H and O–H groups in total. The summed E-state index contributed by atoms with van der Waals surface area (Å²) in [5.41, 5.74) is 1.81. The van der Waals surface area contributed by atoms with E-state index in [9.17, 15) is 0 Å². The molecule has 0 aliphatic rings. The highest BCUT2D eigenvalue weighted by molar-refractivity contribution is 7.10. The zero-order valence-electron chi connectivity index (χ0n) is 8.38. The van der Waals surface area contributed by atoms with Crippen molar-refractivity contribution in [1.82, 2.24) is 0 Å². The molecule has 0 saturated carbocycles. The monoisotopic (exact) mass is 198 g/mol. The topological polar surface area (TPSA) is 34.1 Å². The minimum absolute atomic E-state index is 0.250. The predicted octanol–water partition coefficient (Wildman–Crippen LogP) is 2.77. The van der Waals surface area contributed by atoms with Crippen LogP contribution < -0.4 is 0 Å². The lowest BCUT2D eigenvalue weighted by Gasteiger charge is -2.17. The Morgan fingerprint density at radius 2 is 1.77 bits per heavy atom. The van der Waals surface area contributed by atoms with Crippen LogP contribution in [0, 0.1) is 6.92 Å². The normalized spacial score (nSPS) is 9.85. The summed E-state index contributed by atoms with van der Waals surface area (Å²) < 4.78 is 0. The minimum atomic E-state index is 0.250. The highest BCUT2D eigenvalue weighted by Gasteiger charge is 2.15. The van der Waals surface area contributed by atoms with Crippen molar-refractivity contribution in [3.63, 3.8) is 0 Å². The molecule has 0 fully saturated rings. The summed E-state index contributed by atoms with van der Waals surface area (Å²) in [4.78, 5) is 17.7. The van der Waals surface area contributed by atoms with Crippen LogP contribution in [0.15, 0.2) is 11.4 Å². The van der Waals surface area contributed by atoms with E-state index in [1.54, 1.807) is 0 Å². The smallest absolute Gasteiger partial charge is 0.186 e. The zero-order valence-corrected chi connectivity index (χ0v) is 9.20. The van der Waals surface area contributed by atoms with Crippen LogP contribution in [0.4, 0.5) is 0 Å². The minimum Gasteiger partial charge on any atom is -0.186 e. The van der Waals surface area contributed by atoms with E-state index < -0.39 is 0 Å². The Morgan fingerprint density at radius 1 is 1.31 bits per heavy atom. The molecule has 0 aliphatic carbocycles. The molecule has 0 saturated heterocycles. The quantitative estimate of drug-likeness (QED) is 0.642. The van der Waals surface area contributed by atoms with Gasteiger partial charge in [0.05, 0.1) is 0 Å². The fraction of sp³-hybridized carbons (Fsp3) is 0.500. The van der Waals surface area contributed by atoms with Gasteiger partial charge >= 0.3 is 6.15 Å². The molecule has 72 valence electrons. The Balaban J connectivity index is 0.000000424. The van der Waals surface area contributed by atoms with E-state index in [-0.39, 0.29) is 6.15 Å². The first-order valence-corrected chi connectivity index (χ1v) is 4.85. The molecule has 1 heterocycles. The first kappa shape index (κ1) is 12.1. The number of aryl methyl sites for hydroxylation is 1. The maximum absolute atomic E-state index is 8.12. The van der Waals surface area contributed by atoms with E-state index in [0.29, 0.717) is 5.41 Å². The van der Waals surface area contributed by atoms with Crippen LogP contribution in [-0.2, 0) is 15.0 Å². The van der Waals surface area contributed by atoms with Crippen molar-refractivity contribution in [2.45, 2.75) is 33.1 Å². The molecule has 0 unspecified atom stereocenters. The number of hydrogen-bond donors (Lipinski definition) is 0. The van der Waals surface area contributed by atoms with Gasteiger partial charge in [-0.15, -0.1) is 11.3 Å². The average Bonchev–Trinajstić information content (AvgIpc) is 2.35. The molecule has 0 aromatic carbocycles. The molecule has 0 aliphatic heterocycles. The van der Waals surface area contributed by atoms with Gasteiger partial charge in [-0.1, -0.05) is 20.8 Å². The Morgan fingerprint density at radius 3 is 1.92 bits per heavy atom. The average molecular weight is 198 g/mol. The summed E-state index contributed by atoms with van der Waals surface area (Å²) in [5.74, 6) is 0. The Bertz CT molecular complexity index is 288. The third-order valence-corrected chi connectivity index (χ3v) is 2.51. The lowest BCUT2D eigenvalue weighted by molar-refractivity contribution is -0.191. The van der Waals surface area contributed by atoms with Gasteiger partial charge in [-0.3, -0.25) is 0 Å². The second kappa shape index (κ2) is 4.95. The van der Waals surface area contributed by atoms with Crippen LogP contribution in [-0.4, -0.2) is 6.15 Å². The van der Waals surface area contributed by atoms with Gasteiger partial charge in [0.15, 0.2) is 0 Å². The van der Waals surface area contributed by atoms with Gasteiger partial charge in [-0.25, -0.2) is 0 Å². The van der Waals surface area contributed by atoms with Gasteiger partial charge in [-0.05, 0) is 29.3 Å². The van der Waals surface area contributed by atoms with Crippen molar-refractivity contribution < 1.29 is 9.59 Å². The standard InChI is InChI=1S/C9H14S.CO2/c1-7-8(5-6-10-7)9(2,3)4;2-1-3/h5-6H,1-4H3;. The lowest BCUT2D eigenvalue weighted by atomic mass is 9.88. The van der Waals surface area contributed by atoms with E-state index in [0.717, 1.165) is 0 Å². The van der Waals surface area contributed by atoms with Crippen molar-refractivity contribution in [2.75, 3.05) is 0 Å². The maximum Gasteiger partial charge on any atom is 0.373 e. The van der Waals surface area contributed by atoms with Crippen molar-refractivity contribution >= 4 is 17.5 Å². The highest BCUT2D eigenvalue weighted by atomic mass is 32.1. The van der Waals surface area contributed by atoms with E-state index in [1.165, 1.54) is 10.4 Å². The molecule has 13 heavy (non-hydrogen) atoms. The fourth-order valence-corrected chi connectivity index (χ4v) is 2.07. The second-order valence-corrected chi connectivity index (χ2v) is 4.84. The highest BCUT2D eigenvalue weighted by Crippen LogP contribution is 2.28. The number of carbonyl (C=O) groups excluding carboxylic acids is 2. The molecule has 1 aromatic heterocycles. The van der Waals surface area contributed by atoms with Crippen molar-refractivity contribution in [3.8, 4) is 0 Å². The van der Waals surface area contributed by atoms with Crippen LogP contribution in [0.25, 0.3) is 0 Å². The van der Waals surface area contributed by atoms with Crippen molar-refractivity contribution in [1.29, 1.82) is 0 Å². The maximum atomic E-state index is 8.12. The van der Waals surface area contributed by atoms with Crippen LogP contribution >= 0.6 is 11.3 Å². The summed E-state index contributed by atoms with van der Waals surface area (Å²) in [6.07, 6.45) is 0.250. The van der Waals surface area contributed by atoms with Crippen LogP contribution in [0.1, 0.15) is 31.2 Å². The first-order valence-electron chi connectivity index (χ1n) is 3.97. The molecule has 0 radical (unpaired) electrons. The summed E-state index contributed by atoms with van der Waals surface area (Å²) >= 11 is 1.83. The lowest BCUT2D eigenvalue weighted by Crippen LogP contribution is -2.10. The van der Waals surface area contributed by atoms with Crippen LogP contribution in [0.3, 0.4) is 0 Å². The van der Waals surface area contributed by atoms with Gasteiger partial charge in [0.2, 0.25) is 0 Å². The number of hydrogen-bond acceptors (Lipinski definition) is 3. The van der Waals surface area contributed by atoms with Gasteiger partial charge in [0.1, 0.15) is 0 Å². The second-order valence-electron chi connectivity index (χ2n) is 3.72. The van der Waals surface area contributed by atoms with E-state index in [1.807, 2.05) is 11.3 Å². The summed E-state index contributed by atoms with van der Waals surface area (Å²) in [6.45, 7) is 8.94. The third-order valence-electron chi connectivity index (χ3n) is 1.67. The third kappa shape index (κ3) is 4.02. The Kier molecular flexibility index (Phi) is 4.60. The van der Waals surface area contributed by atoms with E-state index in [4.69, 9.17) is 9.59 Å². The van der Waals surface area contributed by atoms with Crippen LogP contribution in [0.5, 0.6) is 0 Å². The van der Waals surface area contributed by atoms with Crippen LogP contribution in [0.2, 0.25) is 0 Å². The predicted molar refractivity (Wildman–Crippen MR) is 52.8 cm³/mol. The largest absolute Gasteiger partial charge is 0.373 e. The molecule has 0 spiro atoms. The number of thiophene rings is 1. The molecule has 0 atom stereocenters. The molecule has 0 bridgehead atoms. The van der Waals surface area contributed by atoms with Gasteiger partial charge in [-0.2, -0.15) is 9.59 Å². The summed E-state index contributed by atoms with van der Waals surface area (Å²) in [5, 5.41) is 2.16. The number of rotatable bonds is 0. The molecule has 0 amide bonds. The van der Waals surface area contributed by atoms with Gasteiger partial charge in [0, 0.05) is 4.88 Å². The molecular formula is C10H14O2S. The molecule has 3 heteroatoms.